The Balaban J connectivity index is 1.57. The van der Waals surface area contributed by atoms with Crippen molar-refractivity contribution in [2.45, 2.75) is 0 Å². The van der Waals surface area contributed by atoms with Crippen LogP contribution in [-0.2, 0) is 0 Å². The maximum Gasteiger partial charge on any atom is 0.270 e. The lowest BCUT2D eigenvalue weighted by molar-refractivity contribution is 0.0946. The predicted molar refractivity (Wildman–Crippen MR) is 110 cm³/mol. The van der Waals surface area contributed by atoms with Crippen molar-refractivity contribution >= 4 is 17.4 Å². The fourth-order valence-electron chi connectivity index (χ4n) is 3.11. The Hall–Kier alpha value is -2.87. The second-order valence-corrected chi connectivity index (χ2v) is 6.99. The van der Waals surface area contributed by atoms with E-state index in [0.717, 1.165) is 44.3 Å². The van der Waals surface area contributed by atoms with Crippen LogP contribution in [0.3, 0.4) is 0 Å². The number of piperazine rings is 1. The minimum atomic E-state index is -0.164. The molecule has 150 valence electrons. The van der Waals surface area contributed by atoms with Crippen LogP contribution in [0.4, 0.5) is 11.5 Å². The van der Waals surface area contributed by atoms with Gasteiger partial charge in [0, 0.05) is 51.0 Å². The van der Waals surface area contributed by atoms with Gasteiger partial charge in [-0.1, -0.05) is 0 Å². The molecule has 28 heavy (non-hydrogen) atoms. The Labute approximate surface area is 166 Å². The molecule has 1 N–H and O–H groups in total. The lowest BCUT2D eigenvalue weighted by Crippen LogP contribution is -2.47. The number of aromatic nitrogens is 2. The van der Waals surface area contributed by atoms with Gasteiger partial charge in [-0.05, 0) is 38.4 Å². The van der Waals surface area contributed by atoms with Gasteiger partial charge >= 0.3 is 0 Å². The number of carbonyl (C=O) groups excluding carboxylic acids is 1. The first-order valence-electron chi connectivity index (χ1n) is 9.46. The fraction of sp³-hybridized carbons (Fsp3) is 0.450. The first-order valence-corrected chi connectivity index (χ1v) is 9.46. The van der Waals surface area contributed by atoms with Crippen molar-refractivity contribution in [2.24, 2.45) is 0 Å². The summed E-state index contributed by atoms with van der Waals surface area (Å²) in [5.41, 5.74) is 1.59. The topological polar surface area (TPSA) is 73.8 Å². The maximum atomic E-state index is 12.3. The van der Waals surface area contributed by atoms with Crippen molar-refractivity contribution in [2.75, 3.05) is 70.3 Å². The SMILES string of the molecule is COc1ccc(N2CCN(c3cc(C(=O)NCCN(C)C)ncn3)CC2)cc1. The molecule has 0 aliphatic carbocycles. The quantitative estimate of drug-likeness (QED) is 0.766. The van der Waals surface area contributed by atoms with Crippen molar-refractivity contribution < 1.29 is 9.53 Å². The highest BCUT2D eigenvalue weighted by Crippen LogP contribution is 2.22. The van der Waals surface area contributed by atoms with Gasteiger partial charge in [0.2, 0.25) is 0 Å². The van der Waals surface area contributed by atoms with Crippen LogP contribution in [0.25, 0.3) is 0 Å². The minimum absolute atomic E-state index is 0.164. The monoisotopic (exact) mass is 384 g/mol. The highest BCUT2D eigenvalue weighted by atomic mass is 16.5. The first-order chi connectivity index (χ1) is 13.6. The van der Waals surface area contributed by atoms with E-state index in [9.17, 15) is 4.79 Å². The molecule has 3 rings (SSSR count). The number of anilines is 2. The number of methoxy groups -OCH3 is 1. The van der Waals surface area contributed by atoms with E-state index in [0.29, 0.717) is 12.2 Å². The lowest BCUT2D eigenvalue weighted by Gasteiger charge is -2.36. The van der Waals surface area contributed by atoms with Crippen LogP contribution in [-0.4, -0.2) is 81.2 Å². The average molecular weight is 384 g/mol. The van der Waals surface area contributed by atoms with E-state index >= 15 is 0 Å². The molecular weight excluding hydrogens is 356 g/mol. The molecule has 1 aliphatic rings. The van der Waals surface area contributed by atoms with Gasteiger partial charge in [0.15, 0.2) is 0 Å². The minimum Gasteiger partial charge on any atom is -0.497 e. The van der Waals surface area contributed by atoms with Gasteiger partial charge in [0.25, 0.3) is 5.91 Å². The summed E-state index contributed by atoms with van der Waals surface area (Å²) in [5, 5.41) is 2.89. The number of hydrogen-bond acceptors (Lipinski definition) is 7. The third kappa shape index (κ3) is 5.10. The summed E-state index contributed by atoms with van der Waals surface area (Å²) in [6.45, 7) is 4.83. The van der Waals surface area contributed by atoms with E-state index in [2.05, 4.69) is 37.2 Å². The zero-order valence-corrected chi connectivity index (χ0v) is 16.8. The molecule has 2 aromatic rings. The van der Waals surface area contributed by atoms with Gasteiger partial charge in [-0.2, -0.15) is 0 Å². The summed E-state index contributed by atoms with van der Waals surface area (Å²) in [6.07, 6.45) is 1.46. The lowest BCUT2D eigenvalue weighted by atomic mass is 10.2. The Kier molecular flexibility index (Phi) is 6.65. The van der Waals surface area contributed by atoms with Crippen LogP contribution < -0.4 is 19.9 Å². The summed E-state index contributed by atoms with van der Waals surface area (Å²) in [4.78, 5) is 27.3. The second-order valence-electron chi connectivity index (χ2n) is 6.99. The highest BCUT2D eigenvalue weighted by molar-refractivity contribution is 5.92. The molecule has 0 spiro atoms. The number of carbonyl (C=O) groups is 1. The Morgan fingerprint density at radius 3 is 2.43 bits per heavy atom. The molecule has 8 heteroatoms. The number of ether oxygens (including phenoxy) is 1. The normalized spacial score (nSPS) is 14.3. The maximum absolute atomic E-state index is 12.3. The predicted octanol–water partition coefficient (Wildman–Crippen LogP) is 1.10. The standard InChI is InChI=1S/C20H28N6O2/c1-24(2)9-8-21-20(27)18-14-19(23-15-22-18)26-12-10-25(11-13-26)16-4-6-17(28-3)7-5-16/h4-7,14-15H,8-13H2,1-3H3,(H,21,27). The molecule has 1 aliphatic heterocycles. The number of nitrogens with one attached hydrogen (secondary N) is 1. The van der Waals surface area contributed by atoms with Crippen LogP contribution in [0.1, 0.15) is 10.5 Å². The van der Waals surface area contributed by atoms with Crippen molar-refractivity contribution in [1.29, 1.82) is 0 Å². The molecule has 0 saturated carbocycles. The molecular formula is C20H28N6O2. The van der Waals surface area contributed by atoms with E-state index in [-0.39, 0.29) is 5.91 Å². The second kappa shape index (κ2) is 9.36. The number of rotatable bonds is 7. The summed E-state index contributed by atoms with van der Waals surface area (Å²) in [6, 6.07) is 9.89. The number of nitrogens with zero attached hydrogens (tertiary/aromatic N) is 5. The number of hydrogen-bond donors (Lipinski definition) is 1. The van der Waals surface area contributed by atoms with Crippen LogP contribution >= 0.6 is 0 Å². The van der Waals surface area contributed by atoms with Gasteiger partial charge in [0.05, 0.1) is 7.11 Å². The van der Waals surface area contributed by atoms with Crippen molar-refractivity contribution in [3.8, 4) is 5.75 Å². The summed E-state index contributed by atoms with van der Waals surface area (Å²) >= 11 is 0. The largest absolute Gasteiger partial charge is 0.497 e. The average Bonchev–Trinajstić information content (AvgIpc) is 2.74. The number of amides is 1. The molecule has 1 aromatic heterocycles. The van der Waals surface area contributed by atoms with Gasteiger partial charge < -0.3 is 24.8 Å². The third-order valence-corrected chi connectivity index (χ3v) is 4.77. The molecule has 1 fully saturated rings. The summed E-state index contributed by atoms with van der Waals surface area (Å²) in [5.74, 6) is 1.49. The molecule has 2 heterocycles. The molecule has 0 atom stereocenters. The number of benzene rings is 1. The molecule has 1 aromatic carbocycles. The zero-order chi connectivity index (χ0) is 19.9. The molecule has 8 nitrogen and oxygen atoms in total. The molecule has 0 bridgehead atoms. The van der Waals surface area contributed by atoms with Crippen LogP contribution in [0.15, 0.2) is 36.7 Å². The Morgan fingerprint density at radius 1 is 1.11 bits per heavy atom. The van der Waals surface area contributed by atoms with Gasteiger partial charge in [-0.3, -0.25) is 4.79 Å². The van der Waals surface area contributed by atoms with Gasteiger partial charge in [-0.25, -0.2) is 9.97 Å². The van der Waals surface area contributed by atoms with E-state index in [1.54, 1.807) is 13.2 Å². The zero-order valence-electron chi connectivity index (χ0n) is 16.8. The Bertz CT molecular complexity index is 773. The Morgan fingerprint density at radius 2 is 1.79 bits per heavy atom. The van der Waals surface area contributed by atoms with Crippen molar-refractivity contribution in [3.63, 3.8) is 0 Å². The third-order valence-electron chi connectivity index (χ3n) is 4.77. The molecule has 0 radical (unpaired) electrons. The van der Waals surface area contributed by atoms with Gasteiger partial charge in [-0.15, -0.1) is 0 Å². The van der Waals surface area contributed by atoms with Crippen LogP contribution in [0.2, 0.25) is 0 Å². The first kappa shape index (κ1) is 19.9. The van der Waals surface area contributed by atoms with E-state index < -0.39 is 0 Å². The van der Waals surface area contributed by atoms with Crippen LogP contribution in [0.5, 0.6) is 5.75 Å². The molecule has 1 saturated heterocycles. The molecule has 1 amide bonds. The van der Waals surface area contributed by atoms with E-state index in [1.165, 1.54) is 12.0 Å². The van der Waals surface area contributed by atoms with E-state index in [4.69, 9.17) is 4.74 Å². The van der Waals surface area contributed by atoms with E-state index in [1.807, 2.05) is 31.1 Å². The van der Waals surface area contributed by atoms with Gasteiger partial charge in [0.1, 0.15) is 23.6 Å². The summed E-state index contributed by atoms with van der Waals surface area (Å²) in [7, 11) is 5.62. The van der Waals surface area contributed by atoms with Crippen molar-refractivity contribution in [1.82, 2.24) is 20.2 Å². The van der Waals surface area contributed by atoms with Crippen molar-refractivity contribution in [3.05, 3.63) is 42.4 Å². The number of likely N-dealkylation sites (N-methyl/N-ethyl adjacent to an activating group) is 1. The fourth-order valence-corrected chi connectivity index (χ4v) is 3.11. The smallest absolute Gasteiger partial charge is 0.270 e. The highest BCUT2D eigenvalue weighted by Gasteiger charge is 2.19. The summed E-state index contributed by atoms with van der Waals surface area (Å²) < 4.78 is 5.22. The van der Waals surface area contributed by atoms with Crippen LogP contribution in [0, 0.1) is 0 Å². The molecule has 0 unspecified atom stereocenters.